The number of rotatable bonds is 7. The zero-order valence-electron chi connectivity index (χ0n) is 11.2. The van der Waals surface area contributed by atoms with Gasteiger partial charge in [-0.3, -0.25) is 4.90 Å². The molecular formula is C13H28N2O. The van der Waals surface area contributed by atoms with Crippen LogP contribution < -0.4 is 5.32 Å². The van der Waals surface area contributed by atoms with Crippen LogP contribution in [0.1, 0.15) is 40.0 Å². The fourth-order valence-corrected chi connectivity index (χ4v) is 2.49. The Labute approximate surface area is 101 Å². The summed E-state index contributed by atoms with van der Waals surface area (Å²) in [4.78, 5) is 2.56. The quantitative estimate of drug-likeness (QED) is 0.720. The average molecular weight is 228 g/mol. The molecule has 0 aromatic rings. The standard InChI is InChI=1S/C13H28N2O/c1-4-12(14-5-2)10-15-9-7-8-13(11-15)16-6-3/h12-14H,4-11H2,1-3H3. The first kappa shape index (κ1) is 13.9. The van der Waals surface area contributed by atoms with Gasteiger partial charge in [0.25, 0.3) is 0 Å². The Morgan fingerprint density at radius 3 is 2.81 bits per heavy atom. The lowest BCUT2D eigenvalue weighted by atomic mass is 10.1. The molecule has 3 heteroatoms. The Hall–Kier alpha value is -0.120. The molecule has 0 aliphatic carbocycles. The van der Waals surface area contributed by atoms with E-state index in [2.05, 4.69) is 31.0 Å². The summed E-state index contributed by atoms with van der Waals surface area (Å²) in [6.07, 6.45) is 4.21. The number of nitrogens with zero attached hydrogens (tertiary/aromatic N) is 1. The van der Waals surface area contributed by atoms with Crippen molar-refractivity contribution in [2.75, 3.05) is 32.8 Å². The number of likely N-dealkylation sites (tertiary alicyclic amines) is 1. The molecule has 0 saturated carbocycles. The van der Waals surface area contributed by atoms with Crippen molar-refractivity contribution in [1.29, 1.82) is 0 Å². The van der Waals surface area contributed by atoms with Crippen molar-refractivity contribution >= 4 is 0 Å². The van der Waals surface area contributed by atoms with E-state index in [1.165, 1.54) is 32.4 Å². The summed E-state index contributed by atoms with van der Waals surface area (Å²) in [6, 6.07) is 0.644. The van der Waals surface area contributed by atoms with Crippen LogP contribution in [0, 0.1) is 0 Å². The SMILES string of the molecule is CCNC(CC)CN1CCCC(OCC)C1. The van der Waals surface area contributed by atoms with Crippen molar-refractivity contribution in [3.8, 4) is 0 Å². The monoisotopic (exact) mass is 228 g/mol. The summed E-state index contributed by atoms with van der Waals surface area (Å²) in [5.74, 6) is 0. The van der Waals surface area contributed by atoms with Gasteiger partial charge in [0, 0.05) is 25.7 Å². The van der Waals surface area contributed by atoms with E-state index in [4.69, 9.17) is 4.74 Å². The lowest BCUT2D eigenvalue weighted by molar-refractivity contribution is 0.00351. The van der Waals surface area contributed by atoms with Crippen molar-refractivity contribution in [1.82, 2.24) is 10.2 Å². The molecule has 1 saturated heterocycles. The molecule has 0 spiro atoms. The second kappa shape index (κ2) is 8.04. The summed E-state index contributed by atoms with van der Waals surface area (Å²) in [5.41, 5.74) is 0. The molecule has 2 atom stereocenters. The molecule has 1 fully saturated rings. The fourth-order valence-electron chi connectivity index (χ4n) is 2.49. The minimum atomic E-state index is 0.470. The van der Waals surface area contributed by atoms with E-state index in [0.29, 0.717) is 12.1 Å². The highest BCUT2D eigenvalue weighted by atomic mass is 16.5. The van der Waals surface area contributed by atoms with Crippen LogP contribution in [0.15, 0.2) is 0 Å². The van der Waals surface area contributed by atoms with Crippen LogP contribution in [0.5, 0.6) is 0 Å². The highest BCUT2D eigenvalue weighted by molar-refractivity contribution is 4.77. The zero-order valence-corrected chi connectivity index (χ0v) is 11.2. The predicted octanol–water partition coefficient (Wildman–Crippen LogP) is 1.88. The smallest absolute Gasteiger partial charge is 0.0702 e. The summed E-state index contributed by atoms with van der Waals surface area (Å²) < 4.78 is 5.73. The van der Waals surface area contributed by atoms with Gasteiger partial charge in [-0.05, 0) is 39.3 Å². The van der Waals surface area contributed by atoms with E-state index in [0.717, 1.165) is 19.7 Å². The van der Waals surface area contributed by atoms with Crippen LogP contribution in [0.2, 0.25) is 0 Å². The molecule has 3 nitrogen and oxygen atoms in total. The third-order valence-corrected chi connectivity index (χ3v) is 3.33. The van der Waals surface area contributed by atoms with Crippen molar-refractivity contribution < 1.29 is 4.74 Å². The predicted molar refractivity (Wildman–Crippen MR) is 68.8 cm³/mol. The third-order valence-electron chi connectivity index (χ3n) is 3.33. The Morgan fingerprint density at radius 1 is 1.38 bits per heavy atom. The molecule has 16 heavy (non-hydrogen) atoms. The maximum absolute atomic E-state index is 5.73. The van der Waals surface area contributed by atoms with Crippen molar-refractivity contribution in [2.45, 2.75) is 52.2 Å². The number of hydrogen-bond donors (Lipinski definition) is 1. The van der Waals surface area contributed by atoms with Gasteiger partial charge in [-0.25, -0.2) is 0 Å². The fraction of sp³-hybridized carbons (Fsp3) is 1.00. The van der Waals surface area contributed by atoms with E-state index in [9.17, 15) is 0 Å². The van der Waals surface area contributed by atoms with Gasteiger partial charge >= 0.3 is 0 Å². The molecule has 1 rings (SSSR count). The number of nitrogens with one attached hydrogen (secondary N) is 1. The molecule has 2 unspecified atom stereocenters. The number of hydrogen-bond acceptors (Lipinski definition) is 3. The van der Waals surface area contributed by atoms with Crippen molar-refractivity contribution in [3.05, 3.63) is 0 Å². The van der Waals surface area contributed by atoms with Gasteiger partial charge in [-0.15, -0.1) is 0 Å². The Bertz CT molecular complexity index is 173. The van der Waals surface area contributed by atoms with E-state index >= 15 is 0 Å². The van der Waals surface area contributed by atoms with Crippen molar-refractivity contribution in [2.24, 2.45) is 0 Å². The zero-order chi connectivity index (χ0) is 11.8. The number of ether oxygens (including phenoxy) is 1. The molecule has 0 aromatic heterocycles. The summed E-state index contributed by atoms with van der Waals surface area (Å²) in [5, 5.41) is 3.54. The summed E-state index contributed by atoms with van der Waals surface area (Å²) in [7, 11) is 0. The highest BCUT2D eigenvalue weighted by Crippen LogP contribution is 2.13. The van der Waals surface area contributed by atoms with Crippen LogP contribution in [0.3, 0.4) is 0 Å². The molecule has 0 aromatic carbocycles. The average Bonchev–Trinajstić information content (AvgIpc) is 2.29. The first-order valence-corrected chi connectivity index (χ1v) is 6.87. The van der Waals surface area contributed by atoms with E-state index < -0.39 is 0 Å². The Kier molecular flexibility index (Phi) is 7.01. The van der Waals surface area contributed by atoms with Gasteiger partial charge in [0.05, 0.1) is 6.10 Å². The molecule has 96 valence electrons. The van der Waals surface area contributed by atoms with Crippen LogP contribution in [0.25, 0.3) is 0 Å². The van der Waals surface area contributed by atoms with Crippen LogP contribution >= 0.6 is 0 Å². The minimum absolute atomic E-state index is 0.470. The van der Waals surface area contributed by atoms with E-state index in [1.54, 1.807) is 0 Å². The second-order valence-electron chi connectivity index (χ2n) is 4.64. The maximum Gasteiger partial charge on any atom is 0.0702 e. The molecule has 1 aliphatic rings. The molecule has 0 amide bonds. The highest BCUT2D eigenvalue weighted by Gasteiger charge is 2.21. The molecule has 1 N–H and O–H groups in total. The van der Waals surface area contributed by atoms with Gasteiger partial charge in [-0.1, -0.05) is 13.8 Å². The second-order valence-corrected chi connectivity index (χ2v) is 4.64. The van der Waals surface area contributed by atoms with Crippen molar-refractivity contribution in [3.63, 3.8) is 0 Å². The molecular weight excluding hydrogens is 200 g/mol. The molecule has 1 heterocycles. The molecule has 0 bridgehead atoms. The molecule has 1 aliphatic heterocycles. The molecule has 0 radical (unpaired) electrons. The third kappa shape index (κ3) is 4.81. The van der Waals surface area contributed by atoms with Crippen LogP contribution in [-0.4, -0.2) is 49.8 Å². The lowest BCUT2D eigenvalue weighted by Crippen LogP contribution is -2.46. The maximum atomic E-state index is 5.73. The topological polar surface area (TPSA) is 24.5 Å². The summed E-state index contributed by atoms with van der Waals surface area (Å²) >= 11 is 0. The van der Waals surface area contributed by atoms with Gasteiger partial charge < -0.3 is 10.1 Å². The number of likely N-dealkylation sites (N-methyl/N-ethyl adjacent to an activating group) is 1. The first-order chi connectivity index (χ1) is 7.80. The lowest BCUT2D eigenvalue weighted by Gasteiger charge is -2.34. The Balaban J connectivity index is 2.29. The van der Waals surface area contributed by atoms with Gasteiger partial charge in [0.1, 0.15) is 0 Å². The van der Waals surface area contributed by atoms with E-state index in [-0.39, 0.29) is 0 Å². The largest absolute Gasteiger partial charge is 0.377 e. The van der Waals surface area contributed by atoms with Crippen LogP contribution in [-0.2, 0) is 4.74 Å². The van der Waals surface area contributed by atoms with Gasteiger partial charge in [-0.2, -0.15) is 0 Å². The van der Waals surface area contributed by atoms with Crippen LogP contribution in [0.4, 0.5) is 0 Å². The summed E-state index contributed by atoms with van der Waals surface area (Å²) in [6.45, 7) is 12.0. The van der Waals surface area contributed by atoms with Gasteiger partial charge in [0.2, 0.25) is 0 Å². The normalized spacial score (nSPS) is 24.6. The first-order valence-electron chi connectivity index (χ1n) is 6.87. The Morgan fingerprint density at radius 2 is 2.19 bits per heavy atom. The minimum Gasteiger partial charge on any atom is -0.377 e. The number of piperidine rings is 1. The van der Waals surface area contributed by atoms with Gasteiger partial charge in [0.15, 0.2) is 0 Å². The van der Waals surface area contributed by atoms with E-state index in [1.807, 2.05) is 0 Å².